The number of hydrogen-bond acceptors (Lipinski definition) is 3. The minimum Gasteiger partial charge on any atom is -0.372 e. The fraction of sp³-hybridized carbons (Fsp3) is 0.579. The van der Waals surface area contributed by atoms with Crippen molar-refractivity contribution in [1.82, 2.24) is 4.90 Å². The predicted octanol–water partition coefficient (Wildman–Crippen LogP) is 2.90. The molecular formula is C19H29N3O2. The molecule has 1 aromatic carbocycles. The zero-order chi connectivity index (χ0) is 17.5. The molecule has 2 amide bonds. The highest BCUT2D eigenvalue weighted by Gasteiger charge is 2.19. The average Bonchev–Trinajstić information content (AvgIpc) is 2.61. The average molecular weight is 331 g/mol. The maximum atomic E-state index is 12.3. The first-order valence-corrected chi connectivity index (χ1v) is 8.97. The number of rotatable bonds is 6. The highest BCUT2D eigenvalue weighted by atomic mass is 16.2. The van der Waals surface area contributed by atoms with Gasteiger partial charge >= 0.3 is 0 Å². The van der Waals surface area contributed by atoms with Gasteiger partial charge in [-0.2, -0.15) is 0 Å². The summed E-state index contributed by atoms with van der Waals surface area (Å²) in [6.07, 6.45) is 3.78. The fourth-order valence-corrected chi connectivity index (χ4v) is 3.19. The Morgan fingerprint density at radius 3 is 2.08 bits per heavy atom. The number of benzene rings is 1. The van der Waals surface area contributed by atoms with Gasteiger partial charge in [0.2, 0.25) is 11.8 Å². The molecule has 1 aromatic rings. The van der Waals surface area contributed by atoms with Gasteiger partial charge in [0.15, 0.2) is 0 Å². The van der Waals surface area contributed by atoms with Crippen molar-refractivity contribution in [3.8, 4) is 0 Å². The van der Waals surface area contributed by atoms with Crippen LogP contribution in [0.15, 0.2) is 24.3 Å². The largest absolute Gasteiger partial charge is 0.372 e. The van der Waals surface area contributed by atoms with E-state index in [-0.39, 0.29) is 18.4 Å². The first kappa shape index (κ1) is 18.3. The Morgan fingerprint density at radius 2 is 1.58 bits per heavy atom. The standard InChI is InChI=1S/C19H29N3O2/c1-4-20(5-2)19(24)15-22(16(3)23)18-11-9-17(10-12-18)21-13-7-6-8-14-21/h9-12H,4-8,13-15H2,1-3H3. The maximum absolute atomic E-state index is 12.3. The SMILES string of the molecule is CCN(CC)C(=O)CN(C(C)=O)c1ccc(N2CCCCC2)cc1. The van der Waals surface area contributed by atoms with Crippen molar-refractivity contribution in [2.24, 2.45) is 0 Å². The van der Waals surface area contributed by atoms with Crippen LogP contribution in [-0.4, -0.2) is 49.4 Å². The van der Waals surface area contributed by atoms with Gasteiger partial charge in [-0.05, 0) is 57.4 Å². The summed E-state index contributed by atoms with van der Waals surface area (Å²) in [4.78, 5) is 30.0. The fourth-order valence-electron chi connectivity index (χ4n) is 3.19. The molecule has 1 aliphatic rings. The smallest absolute Gasteiger partial charge is 0.242 e. The third-order valence-corrected chi connectivity index (χ3v) is 4.67. The summed E-state index contributed by atoms with van der Waals surface area (Å²) in [7, 11) is 0. The first-order valence-electron chi connectivity index (χ1n) is 8.97. The second kappa shape index (κ2) is 8.71. The van der Waals surface area contributed by atoms with Gasteiger partial charge in [-0.25, -0.2) is 0 Å². The van der Waals surface area contributed by atoms with Crippen molar-refractivity contribution in [3.05, 3.63) is 24.3 Å². The lowest BCUT2D eigenvalue weighted by molar-refractivity contribution is -0.130. The normalized spacial score (nSPS) is 14.4. The van der Waals surface area contributed by atoms with Crippen LogP contribution in [0, 0.1) is 0 Å². The number of anilines is 2. The number of carbonyl (C=O) groups is 2. The second-order valence-corrected chi connectivity index (χ2v) is 6.24. The highest BCUT2D eigenvalue weighted by Crippen LogP contribution is 2.23. The summed E-state index contributed by atoms with van der Waals surface area (Å²) in [5.74, 6) is -0.128. The van der Waals surface area contributed by atoms with Crippen LogP contribution < -0.4 is 9.80 Å². The van der Waals surface area contributed by atoms with E-state index < -0.39 is 0 Å². The lowest BCUT2D eigenvalue weighted by atomic mass is 10.1. The zero-order valence-electron chi connectivity index (χ0n) is 15.1. The lowest BCUT2D eigenvalue weighted by Gasteiger charge is -2.30. The molecule has 0 unspecified atom stereocenters. The minimum absolute atomic E-state index is 0.0182. The van der Waals surface area contributed by atoms with E-state index in [0.717, 1.165) is 18.8 Å². The van der Waals surface area contributed by atoms with Crippen molar-refractivity contribution >= 4 is 23.2 Å². The maximum Gasteiger partial charge on any atom is 0.242 e. The number of nitrogens with zero attached hydrogens (tertiary/aromatic N) is 3. The summed E-state index contributed by atoms with van der Waals surface area (Å²) >= 11 is 0. The molecule has 1 heterocycles. The van der Waals surface area contributed by atoms with Crippen LogP contribution in [0.1, 0.15) is 40.0 Å². The molecule has 0 atom stereocenters. The Labute approximate surface area is 145 Å². The Kier molecular flexibility index (Phi) is 6.64. The lowest BCUT2D eigenvalue weighted by Crippen LogP contribution is -2.42. The predicted molar refractivity (Wildman–Crippen MR) is 98.5 cm³/mol. The van der Waals surface area contributed by atoms with Gasteiger partial charge in [0.1, 0.15) is 6.54 Å². The van der Waals surface area contributed by atoms with Crippen molar-refractivity contribution in [3.63, 3.8) is 0 Å². The van der Waals surface area contributed by atoms with Gasteiger partial charge in [0.05, 0.1) is 0 Å². The molecule has 1 fully saturated rings. The van der Waals surface area contributed by atoms with Crippen LogP contribution in [0.25, 0.3) is 0 Å². The van der Waals surface area contributed by atoms with Crippen molar-refractivity contribution in [1.29, 1.82) is 0 Å². The summed E-state index contributed by atoms with van der Waals surface area (Å²) < 4.78 is 0. The molecule has 0 spiro atoms. The number of piperidine rings is 1. The molecule has 0 N–H and O–H groups in total. The molecule has 0 saturated carbocycles. The number of likely N-dealkylation sites (N-methyl/N-ethyl adjacent to an activating group) is 1. The second-order valence-electron chi connectivity index (χ2n) is 6.24. The van der Waals surface area contributed by atoms with E-state index in [2.05, 4.69) is 17.0 Å². The molecule has 5 heteroatoms. The van der Waals surface area contributed by atoms with Gasteiger partial charge in [-0.1, -0.05) is 0 Å². The van der Waals surface area contributed by atoms with Crippen LogP contribution in [-0.2, 0) is 9.59 Å². The van der Waals surface area contributed by atoms with E-state index >= 15 is 0 Å². The summed E-state index contributed by atoms with van der Waals surface area (Å²) in [6, 6.07) is 8.00. The molecule has 0 aromatic heterocycles. The van der Waals surface area contributed by atoms with Crippen molar-refractivity contribution < 1.29 is 9.59 Å². The Bertz CT molecular complexity index is 546. The number of amides is 2. The first-order chi connectivity index (χ1) is 11.6. The number of hydrogen-bond donors (Lipinski definition) is 0. The van der Waals surface area contributed by atoms with Gasteiger partial charge in [-0.3, -0.25) is 9.59 Å². The molecule has 5 nitrogen and oxygen atoms in total. The molecule has 2 rings (SSSR count). The summed E-state index contributed by atoms with van der Waals surface area (Å²) in [5, 5.41) is 0. The molecule has 132 valence electrons. The van der Waals surface area contributed by atoms with Crippen LogP contribution in [0.2, 0.25) is 0 Å². The van der Waals surface area contributed by atoms with Crippen LogP contribution >= 0.6 is 0 Å². The van der Waals surface area contributed by atoms with E-state index in [0.29, 0.717) is 13.1 Å². The van der Waals surface area contributed by atoms with E-state index in [1.165, 1.54) is 31.9 Å². The van der Waals surface area contributed by atoms with Gasteiger partial charge in [0.25, 0.3) is 0 Å². The minimum atomic E-state index is -0.110. The number of carbonyl (C=O) groups excluding carboxylic acids is 2. The third kappa shape index (κ3) is 4.49. The molecule has 0 aliphatic carbocycles. The molecular weight excluding hydrogens is 302 g/mol. The molecule has 1 aliphatic heterocycles. The Hall–Kier alpha value is -2.04. The zero-order valence-corrected chi connectivity index (χ0v) is 15.1. The van der Waals surface area contributed by atoms with Gasteiger partial charge in [-0.15, -0.1) is 0 Å². The molecule has 24 heavy (non-hydrogen) atoms. The Morgan fingerprint density at radius 1 is 1.00 bits per heavy atom. The van der Waals surface area contributed by atoms with Gasteiger partial charge in [0, 0.05) is 44.5 Å². The van der Waals surface area contributed by atoms with E-state index in [9.17, 15) is 9.59 Å². The van der Waals surface area contributed by atoms with Crippen LogP contribution in [0.5, 0.6) is 0 Å². The van der Waals surface area contributed by atoms with Crippen LogP contribution in [0.3, 0.4) is 0 Å². The van der Waals surface area contributed by atoms with E-state index in [1.807, 2.05) is 26.0 Å². The molecule has 1 saturated heterocycles. The summed E-state index contributed by atoms with van der Waals surface area (Å²) in [5.41, 5.74) is 1.97. The van der Waals surface area contributed by atoms with Crippen molar-refractivity contribution in [2.75, 3.05) is 42.5 Å². The monoisotopic (exact) mass is 331 g/mol. The van der Waals surface area contributed by atoms with Gasteiger partial charge < -0.3 is 14.7 Å². The van der Waals surface area contributed by atoms with E-state index in [1.54, 1.807) is 9.80 Å². The third-order valence-electron chi connectivity index (χ3n) is 4.67. The van der Waals surface area contributed by atoms with Crippen molar-refractivity contribution in [2.45, 2.75) is 40.0 Å². The quantitative estimate of drug-likeness (QED) is 0.805. The Balaban J connectivity index is 2.10. The molecule has 0 bridgehead atoms. The topological polar surface area (TPSA) is 43.9 Å². The van der Waals surface area contributed by atoms with Crippen LogP contribution in [0.4, 0.5) is 11.4 Å². The van der Waals surface area contributed by atoms with E-state index in [4.69, 9.17) is 0 Å². The summed E-state index contributed by atoms with van der Waals surface area (Å²) in [6.45, 7) is 9.02. The highest BCUT2D eigenvalue weighted by molar-refractivity contribution is 5.97. The molecule has 0 radical (unpaired) electrons.